The van der Waals surface area contributed by atoms with E-state index in [4.69, 9.17) is 4.43 Å². The van der Waals surface area contributed by atoms with E-state index < -0.39 is 9.04 Å². The van der Waals surface area contributed by atoms with E-state index in [1.807, 2.05) is 6.07 Å². The minimum Gasteiger partial charge on any atom is -0.420 e. The molecule has 0 spiro atoms. The molecule has 0 bridgehead atoms. The van der Waals surface area contributed by atoms with Gasteiger partial charge in [0.2, 0.25) is 0 Å². The molecule has 1 atom stereocenters. The van der Waals surface area contributed by atoms with Crippen LogP contribution < -0.4 is 5.32 Å². The maximum absolute atomic E-state index is 5.75. The van der Waals surface area contributed by atoms with Crippen molar-refractivity contribution in [1.29, 1.82) is 0 Å². The number of anilines is 1. The molecule has 0 aliphatic carbocycles. The van der Waals surface area contributed by atoms with E-state index in [1.165, 1.54) is 18.2 Å². The van der Waals surface area contributed by atoms with Crippen LogP contribution in [0.1, 0.15) is 19.8 Å². The van der Waals surface area contributed by atoms with Gasteiger partial charge in [-0.15, -0.1) is 0 Å². The summed E-state index contributed by atoms with van der Waals surface area (Å²) in [5, 5.41) is 3.42. The summed E-state index contributed by atoms with van der Waals surface area (Å²) in [4.78, 5) is 0. The molecule has 1 unspecified atom stereocenters. The summed E-state index contributed by atoms with van der Waals surface area (Å²) in [5.74, 6) is 0. The lowest BCUT2D eigenvalue weighted by atomic mass is 10.3. The third kappa shape index (κ3) is 5.93. The van der Waals surface area contributed by atoms with Crippen molar-refractivity contribution >= 4 is 14.7 Å². The first-order valence-electron chi connectivity index (χ1n) is 6.23. The average Bonchev–Trinajstić information content (AvgIpc) is 2.33. The number of hydrogen-bond acceptors (Lipinski definition) is 2. The Morgan fingerprint density at radius 3 is 2.69 bits per heavy atom. The van der Waals surface area contributed by atoms with Gasteiger partial charge in [-0.05, 0) is 37.6 Å². The van der Waals surface area contributed by atoms with Crippen LogP contribution in [-0.2, 0) is 4.43 Å². The van der Waals surface area contributed by atoms with Gasteiger partial charge in [0, 0.05) is 18.8 Å². The number of rotatable bonds is 8. The average molecular weight is 237 g/mol. The highest BCUT2D eigenvalue weighted by molar-refractivity contribution is 6.50. The first-order valence-corrected chi connectivity index (χ1v) is 8.67. The lowest BCUT2D eigenvalue weighted by molar-refractivity contribution is 0.321. The lowest BCUT2D eigenvalue weighted by Gasteiger charge is -2.11. The molecule has 0 saturated carbocycles. The molecule has 1 aromatic carbocycles. The minimum atomic E-state index is -0.885. The van der Waals surface area contributed by atoms with Gasteiger partial charge in [0.1, 0.15) is 0 Å². The molecule has 1 aromatic rings. The SMILES string of the molecule is CCCO[SiH](C)CCCNc1ccccc1. The van der Waals surface area contributed by atoms with Crippen molar-refractivity contribution in [1.82, 2.24) is 0 Å². The highest BCUT2D eigenvalue weighted by atomic mass is 28.3. The van der Waals surface area contributed by atoms with Gasteiger partial charge in [0.05, 0.1) is 0 Å². The Morgan fingerprint density at radius 2 is 2.00 bits per heavy atom. The number of hydrogen-bond donors (Lipinski definition) is 1. The summed E-state index contributed by atoms with van der Waals surface area (Å²) in [5.41, 5.74) is 1.21. The molecule has 0 aliphatic heterocycles. The monoisotopic (exact) mass is 237 g/mol. The van der Waals surface area contributed by atoms with Crippen molar-refractivity contribution in [3.8, 4) is 0 Å². The van der Waals surface area contributed by atoms with E-state index in [0.717, 1.165) is 19.6 Å². The van der Waals surface area contributed by atoms with Crippen molar-refractivity contribution in [2.45, 2.75) is 32.4 Å². The van der Waals surface area contributed by atoms with Gasteiger partial charge in [-0.1, -0.05) is 25.1 Å². The first-order chi connectivity index (χ1) is 7.83. The van der Waals surface area contributed by atoms with E-state index in [1.54, 1.807) is 0 Å². The third-order valence-electron chi connectivity index (χ3n) is 2.50. The van der Waals surface area contributed by atoms with Crippen LogP contribution in [0.5, 0.6) is 0 Å². The fraction of sp³-hybridized carbons (Fsp3) is 0.538. The van der Waals surface area contributed by atoms with Crippen molar-refractivity contribution in [2.24, 2.45) is 0 Å². The maximum Gasteiger partial charge on any atom is 0.173 e. The summed E-state index contributed by atoms with van der Waals surface area (Å²) in [6.07, 6.45) is 2.35. The Kier molecular flexibility index (Phi) is 6.93. The topological polar surface area (TPSA) is 21.3 Å². The molecule has 0 fully saturated rings. The summed E-state index contributed by atoms with van der Waals surface area (Å²) in [6.45, 7) is 6.45. The van der Waals surface area contributed by atoms with Gasteiger partial charge < -0.3 is 9.74 Å². The highest BCUT2D eigenvalue weighted by Crippen LogP contribution is 2.06. The van der Waals surface area contributed by atoms with Crippen LogP contribution in [0, 0.1) is 0 Å². The summed E-state index contributed by atoms with van der Waals surface area (Å²) >= 11 is 0. The fourth-order valence-electron chi connectivity index (χ4n) is 1.58. The normalized spacial score (nSPS) is 12.4. The molecule has 1 N–H and O–H groups in total. The van der Waals surface area contributed by atoms with E-state index in [0.29, 0.717) is 0 Å². The maximum atomic E-state index is 5.75. The molecule has 1 rings (SSSR count). The summed E-state index contributed by atoms with van der Waals surface area (Å²) in [6, 6.07) is 11.6. The van der Waals surface area contributed by atoms with E-state index in [9.17, 15) is 0 Å². The van der Waals surface area contributed by atoms with Gasteiger partial charge in [-0.25, -0.2) is 0 Å². The third-order valence-corrected chi connectivity index (χ3v) is 4.52. The van der Waals surface area contributed by atoms with Crippen LogP contribution >= 0.6 is 0 Å². The molecule has 0 aliphatic rings. The smallest absolute Gasteiger partial charge is 0.173 e. The molecule has 0 aromatic heterocycles. The van der Waals surface area contributed by atoms with Crippen molar-refractivity contribution in [3.63, 3.8) is 0 Å². The van der Waals surface area contributed by atoms with Gasteiger partial charge in [0.15, 0.2) is 9.04 Å². The van der Waals surface area contributed by atoms with Crippen molar-refractivity contribution in [3.05, 3.63) is 30.3 Å². The van der Waals surface area contributed by atoms with Gasteiger partial charge in [-0.2, -0.15) is 0 Å². The van der Waals surface area contributed by atoms with Crippen molar-refractivity contribution < 1.29 is 4.43 Å². The molecule has 2 nitrogen and oxygen atoms in total. The predicted molar refractivity (Wildman–Crippen MR) is 73.6 cm³/mol. The Hall–Kier alpha value is -0.803. The number of para-hydroxylation sites is 1. The van der Waals surface area contributed by atoms with E-state index >= 15 is 0 Å². The second kappa shape index (κ2) is 8.36. The Morgan fingerprint density at radius 1 is 1.25 bits per heavy atom. The molecule has 90 valence electrons. The summed E-state index contributed by atoms with van der Waals surface area (Å²) < 4.78 is 5.75. The van der Waals surface area contributed by atoms with Crippen LogP contribution in [0.15, 0.2) is 30.3 Å². The van der Waals surface area contributed by atoms with Crippen molar-refractivity contribution in [2.75, 3.05) is 18.5 Å². The zero-order valence-corrected chi connectivity index (χ0v) is 11.6. The first kappa shape index (κ1) is 13.3. The summed E-state index contributed by atoms with van der Waals surface area (Å²) in [7, 11) is -0.885. The molecule has 0 saturated heterocycles. The van der Waals surface area contributed by atoms with Gasteiger partial charge in [-0.3, -0.25) is 0 Å². The van der Waals surface area contributed by atoms with Gasteiger partial charge >= 0.3 is 0 Å². The number of nitrogens with one attached hydrogen (secondary N) is 1. The van der Waals surface area contributed by atoms with Crippen LogP contribution in [0.4, 0.5) is 5.69 Å². The minimum absolute atomic E-state index is 0.885. The Balaban J connectivity index is 2.03. The lowest BCUT2D eigenvalue weighted by Crippen LogP contribution is -2.15. The standard InChI is InChI=1S/C13H23NOSi/c1-3-11-15-16(2)12-7-10-14-13-8-5-4-6-9-13/h4-6,8-9,14,16H,3,7,10-12H2,1-2H3. The molecule has 0 heterocycles. The molecular weight excluding hydrogens is 214 g/mol. The zero-order chi connectivity index (χ0) is 11.6. The Labute approximate surface area is 101 Å². The highest BCUT2D eigenvalue weighted by Gasteiger charge is 2.03. The second-order valence-corrected chi connectivity index (χ2v) is 6.65. The molecular formula is C13H23NOSi. The molecule has 16 heavy (non-hydrogen) atoms. The van der Waals surface area contributed by atoms with E-state index in [-0.39, 0.29) is 0 Å². The van der Waals surface area contributed by atoms with Crippen LogP contribution in [0.2, 0.25) is 12.6 Å². The predicted octanol–water partition coefficient (Wildman–Crippen LogP) is 3.27. The van der Waals surface area contributed by atoms with Gasteiger partial charge in [0.25, 0.3) is 0 Å². The largest absolute Gasteiger partial charge is 0.420 e. The van der Waals surface area contributed by atoms with Crippen LogP contribution in [0.3, 0.4) is 0 Å². The van der Waals surface area contributed by atoms with E-state index in [2.05, 4.69) is 43.1 Å². The van der Waals surface area contributed by atoms with Crippen LogP contribution in [0.25, 0.3) is 0 Å². The zero-order valence-electron chi connectivity index (χ0n) is 10.4. The number of benzene rings is 1. The quantitative estimate of drug-likeness (QED) is 0.553. The molecule has 0 amide bonds. The molecule has 3 heteroatoms. The Bertz CT molecular complexity index is 266. The fourth-order valence-corrected chi connectivity index (χ4v) is 3.16. The van der Waals surface area contributed by atoms with Crippen LogP contribution in [-0.4, -0.2) is 22.2 Å². The second-order valence-electron chi connectivity index (χ2n) is 4.12. The molecule has 0 radical (unpaired) electrons.